The van der Waals surface area contributed by atoms with E-state index in [1.807, 2.05) is 40.1 Å². The summed E-state index contributed by atoms with van der Waals surface area (Å²) in [6, 6.07) is 10.4. The average Bonchev–Trinajstić information content (AvgIpc) is 2.54. The Balaban J connectivity index is 1.93. The number of amides is 3. The van der Waals surface area contributed by atoms with Crippen LogP contribution in [0.5, 0.6) is 0 Å². The van der Waals surface area contributed by atoms with E-state index in [9.17, 15) is 9.59 Å². The highest BCUT2D eigenvalue weighted by atomic mass is 16.2. The zero-order chi connectivity index (χ0) is 19.1. The molecule has 1 unspecified atom stereocenters. The van der Waals surface area contributed by atoms with Crippen molar-refractivity contribution in [1.29, 1.82) is 0 Å². The summed E-state index contributed by atoms with van der Waals surface area (Å²) in [5, 5.41) is 8.44. The highest BCUT2D eigenvalue weighted by molar-refractivity contribution is 5.94. The maximum absolute atomic E-state index is 12.2. The van der Waals surface area contributed by atoms with Crippen LogP contribution in [0.25, 0.3) is 0 Å². The number of hydrogen-bond acceptors (Lipinski definition) is 4. The maximum Gasteiger partial charge on any atom is 0.319 e. The minimum atomic E-state index is -0.324. The van der Waals surface area contributed by atoms with Gasteiger partial charge in [0.2, 0.25) is 5.91 Å². The highest BCUT2D eigenvalue weighted by Gasteiger charge is 2.10. The lowest BCUT2D eigenvalue weighted by Gasteiger charge is -2.15. The fraction of sp³-hybridized carbons (Fsp3) is 0.316. The first kappa shape index (κ1) is 19.4. The molecule has 2 aromatic rings. The summed E-state index contributed by atoms with van der Waals surface area (Å²) >= 11 is 0. The Hall–Kier alpha value is -2.93. The van der Waals surface area contributed by atoms with E-state index in [0.717, 1.165) is 11.3 Å². The summed E-state index contributed by atoms with van der Waals surface area (Å²) in [6.07, 6.45) is 1.75. The number of nitrogens with one attached hydrogen (secondary N) is 3. The van der Waals surface area contributed by atoms with Crippen LogP contribution >= 0.6 is 0 Å². The van der Waals surface area contributed by atoms with Gasteiger partial charge in [0.1, 0.15) is 0 Å². The van der Waals surface area contributed by atoms with Crippen molar-refractivity contribution in [2.24, 2.45) is 0 Å². The van der Waals surface area contributed by atoms with Crippen molar-refractivity contribution in [2.75, 3.05) is 31.3 Å². The van der Waals surface area contributed by atoms with Crippen LogP contribution in [-0.4, -0.2) is 42.5 Å². The summed E-state index contributed by atoms with van der Waals surface area (Å²) < 4.78 is 0. The number of aryl methyl sites for hydroxylation is 1. The first-order valence-corrected chi connectivity index (χ1v) is 8.38. The van der Waals surface area contributed by atoms with Crippen molar-refractivity contribution < 1.29 is 9.59 Å². The van der Waals surface area contributed by atoms with Crippen LogP contribution in [-0.2, 0) is 4.79 Å². The summed E-state index contributed by atoms with van der Waals surface area (Å²) in [6.45, 7) is 4.10. The quantitative estimate of drug-likeness (QED) is 0.744. The molecule has 3 amide bonds. The zero-order valence-electron chi connectivity index (χ0n) is 15.5. The van der Waals surface area contributed by atoms with Gasteiger partial charge in [-0.3, -0.25) is 9.78 Å². The molecule has 7 heteroatoms. The molecule has 2 rings (SSSR count). The fourth-order valence-corrected chi connectivity index (χ4v) is 2.34. The van der Waals surface area contributed by atoms with E-state index in [-0.39, 0.29) is 18.0 Å². The molecule has 0 aliphatic heterocycles. The summed E-state index contributed by atoms with van der Waals surface area (Å²) in [5.41, 5.74) is 3.08. The molecule has 26 heavy (non-hydrogen) atoms. The molecule has 7 nitrogen and oxygen atoms in total. The van der Waals surface area contributed by atoms with Crippen LogP contribution in [0, 0.1) is 6.92 Å². The molecule has 0 aliphatic carbocycles. The lowest BCUT2D eigenvalue weighted by Crippen LogP contribution is -2.31. The number of urea groups is 1. The molecular weight excluding hydrogens is 330 g/mol. The van der Waals surface area contributed by atoms with Gasteiger partial charge in [0.15, 0.2) is 0 Å². The third kappa shape index (κ3) is 6.18. The van der Waals surface area contributed by atoms with Gasteiger partial charge in [-0.2, -0.15) is 0 Å². The Morgan fingerprint density at radius 2 is 1.81 bits per heavy atom. The molecule has 0 radical (unpaired) electrons. The monoisotopic (exact) mass is 355 g/mol. The minimum Gasteiger partial charge on any atom is -0.331 e. The molecule has 1 aromatic heterocycles. The van der Waals surface area contributed by atoms with Gasteiger partial charge in [-0.25, -0.2) is 4.79 Å². The number of nitrogens with zero attached hydrogens (tertiary/aromatic N) is 2. The second kappa shape index (κ2) is 8.96. The van der Waals surface area contributed by atoms with Crippen molar-refractivity contribution in [3.8, 4) is 0 Å². The molecule has 0 fully saturated rings. The van der Waals surface area contributed by atoms with Gasteiger partial charge in [0.05, 0.1) is 12.6 Å². The smallest absolute Gasteiger partial charge is 0.319 e. The standard InChI is InChI=1S/C19H25N5O2/c1-13-8-9-15(11-20-13)14(2)21-19(26)23-17-7-5-6-16(10-17)22-18(25)12-24(3)4/h5-11,14H,12H2,1-4H3,(H,22,25)(H2,21,23,26). The van der Waals surface area contributed by atoms with Gasteiger partial charge in [0, 0.05) is 23.3 Å². The predicted molar refractivity (Wildman–Crippen MR) is 103 cm³/mol. The number of benzene rings is 1. The van der Waals surface area contributed by atoms with Gasteiger partial charge >= 0.3 is 6.03 Å². The molecule has 0 bridgehead atoms. The van der Waals surface area contributed by atoms with Crippen molar-refractivity contribution in [3.05, 3.63) is 53.9 Å². The second-order valence-electron chi connectivity index (χ2n) is 6.42. The summed E-state index contributed by atoms with van der Waals surface area (Å²) in [4.78, 5) is 30.0. The topological polar surface area (TPSA) is 86.4 Å². The van der Waals surface area contributed by atoms with Crippen LogP contribution in [0.4, 0.5) is 16.2 Å². The number of carbonyl (C=O) groups is 2. The van der Waals surface area contributed by atoms with Crippen LogP contribution in [0.15, 0.2) is 42.6 Å². The van der Waals surface area contributed by atoms with E-state index < -0.39 is 0 Å². The number of rotatable bonds is 6. The maximum atomic E-state index is 12.2. The second-order valence-corrected chi connectivity index (χ2v) is 6.42. The van der Waals surface area contributed by atoms with Crippen LogP contribution in [0.1, 0.15) is 24.2 Å². The van der Waals surface area contributed by atoms with Gasteiger partial charge in [-0.05, 0) is 57.8 Å². The van der Waals surface area contributed by atoms with Crippen molar-refractivity contribution in [2.45, 2.75) is 19.9 Å². The van der Waals surface area contributed by atoms with Crippen LogP contribution < -0.4 is 16.0 Å². The van der Waals surface area contributed by atoms with Gasteiger partial charge in [0.25, 0.3) is 0 Å². The van der Waals surface area contributed by atoms with E-state index in [2.05, 4.69) is 20.9 Å². The normalized spacial score (nSPS) is 11.7. The SMILES string of the molecule is Cc1ccc(C(C)NC(=O)Nc2cccc(NC(=O)CN(C)C)c2)cn1. The molecule has 3 N–H and O–H groups in total. The molecule has 0 saturated heterocycles. The van der Waals surface area contributed by atoms with E-state index in [1.165, 1.54) is 0 Å². The molecular formula is C19H25N5O2. The Morgan fingerprint density at radius 3 is 2.42 bits per heavy atom. The molecule has 0 saturated carbocycles. The van der Waals surface area contributed by atoms with E-state index in [0.29, 0.717) is 17.9 Å². The third-order valence-electron chi connectivity index (χ3n) is 3.65. The van der Waals surface area contributed by atoms with Crippen LogP contribution in [0.2, 0.25) is 0 Å². The number of aromatic nitrogens is 1. The fourth-order valence-electron chi connectivity index (χ4n) is 2.34. The van der Waals surface area contributed by atoms with Crippen molar-refractivity contribution in [3.63, 3.8) is 0 Å². The number of likely N-dealkylation sites (N-methyl/N-ethyl adjacent to an activating group) is 1. The number of hydrogen-bond donors (Lipinski definition) is 3. The minimum absolute atomic E-state index is 0.114. The third-order valence-corrected chi connectivity index (χ3v) is 3.65. The lowest BCUT2D eigenvalue weighted by molar-refractivity contribution is -0.116. The van der Waals surface area contributed by atoms with Gasteiger partial charge in [-0.1, -0.05) is 12.1 Å². The zero-order valence-corrected chi connectivity index (χ0v) is 15.5. The molecule has 0 aliphatic rings. The number of anilines is 2. The number of pyridine rings is 1. The molecule has 0 spiro atoms. The first-order chi connectivity index (χ1) is 12.3. The predicted octanol–water partition coefficient (Wildman–Crippen LogP) is 2.77. The Bertz CT molecular complexity index is 759. The van der Waals surface area contributed by atoms with E-state index in [1.54, 1.807) is 35.4 Å². The lowest BCUT2D eigenvalue weighted by atomic mass is 10.1. The molecule has 1 aromatic carbocycles. The van der Waals surface area contributed by atoms with Gasteiger partial charge < -0.3 is 20.9 Å². The first-order valence-electron chi connectivity index (χ1n) is 8.38. The van der Waals surface area contributed by atoms with Gasteiger partial charge in [-0.15, -0.1) is 0 Å². The Morgan fingerprint density at radius 1 is 1.12 bits per heavy atom. The van der Waals surface area contributed by atoms with Crippen LogP contribution in [0.3, 0.4) is 0 Å². The summed E-state index contributed by atoms with van der Waals surface area (Å²) in [7, 11) is 3.65. The molecule has 1 heterocycles. The summed E-state index contributed by atoms with van der Waals surface area (Å²) in [5.74, 6) is -0.114. The number of carbonyl (C=O) groups excluding carboxylic acids is 2. The molecule has 1 atom stereocenters. The Kier molecular flexibility index (Phi) is 6.68. The molecule has 138 valence electrons. The van der Waals surface area contributed by atoms with Crippen molar-refractivity contribution in [1.82, 2.24) is 15.2 Å². The van der Waals surface area contributed by atoms with E-state index >= 15 is 0 Å². The largest absolute Gasteiger partial charge is 0.331 e. The highest BCUT2D eigenvalue weighted by Crippen LogP contribution is 2.16. The van der Waals surface area contributed by atoms with Crippen molar-refractivity contribution >= 4 is 23.3 Å². The average molecular weight is 355 g/mol. The van der Waals surface area contributed by atoms with E-state index in [4.69, 9.17) is 0 Å². The Labute approximate surface area is 153 Å².